The summed E-state index contributed by atoms with van der Waals surface area (Å²) >= 11 is 0. The van der Waals surface area contributed by atoms with Crippen molar-refractivity contribution in [2.24, 2.45) is 0 Å². The number of amides is 2. The minimum absolute atomic E-state index is 0.151. The van der Waals surface area contributed by atoms with E-state index in [1.807, 2.05) is 30.3 Å². The van der Waals surface area contributed by atoms with E-state index < -0.39 is 11.8 Å². The molecule has 1 aromatic rings. The average Bonchev–Trinajstić information content (AvgIpc) is 2.54. The highest BCUT2D eigenvalue weighted by Crippen LogP contribution is 2.34. The van der Waals surface area contributed by atoms with Crippen LogP contribution in [0.2, 0.25) is 0 Å². The number of carbonyl (C=O) groups excluding carboxylic acids is 2. The van der Waals surface area contributed by atoms with Crippen LogP contribution in [0.1, 0.15) is 37.7 Å². The Balaban J connectivity index is 1.68. The predicted molar refractivity (Wildman–Crippen MR) is 78.4 cm³/mol. The summed E-state index contributed by atoms with van der Waals surface area (Å²) in [5.41, 5.74) is 0.163. The highest BCUT2D eigenvalue weighted by atomic mass is 16.7. The Morgan fingerprint density at radius 2 is 1.95 bits per heavy atom. The van der Waals surface area contributed by atoms with Crippen LogP contribution in [0.5, 0.6) is 0 Å². The van der Waals surface area contributed by atoms with Crippen molar-refractivity contribution in [3.05, 3.63) is 35.9 Å². The second-order valence-electron chi connectivity index (χ2n) is 5.75. The van der Waals surface area contributed by atoms with Crippen LogP contribution < -0.4 is 5.32 Å². The van der Waals surface area contributed by atoms with Gasteiger partial charge in [-0.1, -0.05) is 36.8 Å². The molecule has 1 heterocycles. The van der Waals surface area contributed by atoms with Crippen LogP contribution in [0.15, 0.2) is 30.3 Å². The zero-order chi connectivity index (χ0) is 15.4. The lowest BCUT2D eigenvalue weighted by Crippen LogP contribution is -2.67. The highest BCUT2D eigenvalue weighted by Gasteiger charge is 2.47. The second-order valence-corrected chi connectivity index (χ2v) is 5.75. The van der Waals surface area contributed by atoms with E-state index in [0.717, 1.165) is 24.8 Å². The predicted octanol–water partition coefficient (Wildman–Crippen LogP) is 2.35. The fourth-order valence-corrected chi connectivity index (χ4v) is 3.06. The Morgan fingerprint density at radius 3 is 2.68 bits per heavy atom. The van der Waals surface area contributed by atoms with Crippen LogP contribution in [0.4, 0.5) is 4.79 Å². The van der Waals surface area contributed by atoms with Crippen LogP contribution >= 0.6 is 0 Å². The van der Waals surface area contributed by atoms with Gasteiger partial charge in [0, 0.05) is 0 Å². The van der Waals surface area contributed by atoms with Gasteiger partial charge < -0.3 is 10.1 Å². The van der Waals surface area contributed by atoms with Gasteiger partial charge in [0.15, 0.2) is 6.61 Å². The van der Waals surface area contributed by atoms with Crippen LogP contribution in [-0.2, 0) is 21.0 Å². The Bertz CT molecular complexity index is 540. The first-order valence-corrected chi connectivity index (χ1v) is 7.64. The summed E-state index contributed by atoms with van der Waals surface area (Å²) < 4.78 is 5.34. The van der Waals surface area contributed by atoms with E-state index >= 15 is 0 Å². The van der Waals surface area contributed by atoms with E-state index in [2.05, 4.69) is 5.32 Å². The van der Waals surface area contributed by atoms with Crippen molar-refractivity contribution < 1.29 is 19.2 Å². The van der Waals surface area contributed by atoms with Crippen molar-refractivity contribution in [2.45, 2.75) is 44.4 Å². The molecule has 1 spiro atoms. The molecule has 2 fully saturated rings. The SMILES string of the molecule is O=C1CON(C(=O)OCc2ccccc2)C2(CCCCC2)N1. The molecule has 1 aromatic carbocycles. The van der Waals surface area contributed by atoms with Crippen LogP contribution in [0.3, 0.4) is 0 Å². The minimum Gasteiger partial charge on any atom is -0.443 e. The third-order valence-electron chi connectivity index (χ3n) is 4.14. The number of nitrogens with zero attached hydrogens (tertiary/aromatic N) is 1. The van der Waals surface area contributed by atoms with Gasteiger partial charge in [0.1, 0.15) is 12.3 Å². The molecule has 0 radical (unpaired) electrons. The number of hydroxylamine groups is 2. The van der Waals surface area contributed by atoms with Gasteiger partial charge in [0.25, 0.3) is 5.91 Å². The van der Waals surface area contributed by atoms with Gasteiger partial charge in [-0.05, 0) is 31.2 Å². The first-order valence-electron chi connectivity index (χ1n) is 7.64. The Kier molecular flexibility index (Phi) is 4.29. The lowest BCUT2D eigenvalue weighted by molar-refractivity contribution is -0.235. The number of ether oxygens (including phenoxy) is 1. The summed E-state index contributed by atoms with van der Waals surface area (Å²) in [4.78, 5) is 29.4. The first kappa shape index (κ1) is 14.8. The van der Waals surface area contributed by atoms with Crippen molar-refractivity contribution in [2.75, 3.05) is 6.61 Å². The lowest BCUT2D eigenvalue weighted by Gasteiger charge is -2.47. The van der Waals surface area contributed by atoms with Crippen LogP contribution in [-0.4, -0.2) is 29.3 Å². The molecule has 6 nitrogen and oxygen atoms in total. The van der Waals surface area contributed by atoms with Crippen LogP contribution in [0.25, 0.3) is 0 Å². The molecule has 1 N–H and O–H groups in total. The minimum atomic E-state index is -0.749. The van der Waals surface area contributed by atoms with Gasteiger partial charge in [-0.15, -0.1) is 0 Å². The molecule has 22 heavy (non-hydrogen) atoms. The first-order chi connectivity index (χ1) is 10.7. The summed E-state index contributed by atoms with van der Waals surface area (Å²) in [5.74, 6) is -0.186. The molecule has 0 aromatic heterocycles. The molecule has 0 bridgehead atoms. The Hall–Kier alpha value is -2.08. The maximum atomic E-state index is 12.4. The summed E-state index contributed by atoms with van der Waals surface area (Å²) in [7, 11) is 0. The van der Waals surface area contributed by atoms with E-state index in [-0.39, 0.29) is 19.1 Å². The number of benzene rings is 1. The largest absolute Gasteiger partial charge is 0.443 e. The topological polar surface area (TPSA) is 67.9 Å². The molecule has 3 rings (SSSR count). The smallest absolute Gasteiger partial charge is 0.436 e. The molecule has 1 aliphatic carbocycles. The van der Waals surface area contributed by atoms with Gasteiger partial charge in [-0.25, -0.2) is 4.79 Å². The fourth-order valence-electron chi connectivity index (χ4n) is 3.06. The quantitative estimate of drug-likeness (QED) is 0.910. The molecule has 1 saturated heterocycles. The number of nitrogens with one attached hydrogen (secondary N) is 1. The van der Waals surface area contributed by atoms with Crippen LogP contribution in [0, 0.1) is 0 Å². The monoisotopic (exact) mass is 304 g/mol. The number of hydrogen-bond acceptors (Lipinski definition) is 4. The summed E-state index contributed by atoms with van der Waals surface area (Å²) in [6.07, 6.45) is 3.84. The van der Waals surface area contributed by atoms with Gasteiger partial charge >= 0.3 is 6.09 Å². The van der Waals surface area contributed by atoms with E-state index in [1.165, 1.54) is 5.06 Å². The van der Waals surface area contributed by atoms with Crippen molar-refractivity contribution in [1.29, 1.82) is 0 Å². The molecular weight excluding hydrogens is 284 g/mol. The molecule has 6 heteroatoms. The maximum Gasteiger partial charge on any atom is 0.436 e. The zero-order valence-electron chi connectivity index (χ0n) is 12.4. The Labute approximate surface area is 129 Å². The third kappa shape index (κ3) is 3.06. The van der Waals surface area contributed by atoms with Gasteiger partial charge in [-0.3, -0.25) is 9.63 Å². The molecule has 2 aliphatic rings. The zero-order valence-corrected chi connectivity index (χ0v) is 12.4. The van der Waals surface area contributed by atoms with E-state index in [9.17, 15) is 9.59 Å². The number of hydrogen-bond donors (Lipinski definition) is 1. The lowest BCUT2D eigenvalue weighted by atomic mass is 9.88. The Morgan fingerprint density at radius 1 is 1.23 bits per heavy atom. The fraction of sp³-hybridized carbons (Fsp3) is 0.500. The molecule has 0 atom stereocenters. The normalized spacial score (nSPS) is 20.5. The highest BCUT2D eigenvalue weighted by molar-refractivity contribution is 5.80. The van der Waals surface area contributed by atoms with Crippen molar-refractivity contribution in [3.8, 4) is 0 Å². The van der Waals surface area contributed by atoms with Crippen molar-refractivity contribution >= 4 is 12.0 Å². The van der Waals surface area contributed by atoms with Gasteiger partial charge in [0.2, 0.25) is 0 Å². The summed E-state index contributed by atoms with van der Waals surface area (Å²) in [5, 5.41) is 4.15. The van der Waals surface area contributed by atoms with E-state index in [1.54, 1.807) is 0 Å². The van der Waals surface area contributed by atoms with Gasteiger partial charge in [0.05, 0.1) is 0 Å². The molecule has 1 saturated carbocycles. The molecule has 1 aliphatic heterocycles. The van der Waals surface area contributed by atoms with Crippen molar-refractivity contribution in [3.63, 3.8) is 0 Å². The second kappa shape index (κ2) is 6.36. The third-order valence-corrected chi connectivity index (χ3v) is 4.14. The number of carbonyl (C=O) groups is 2. The maximum absolute atomic E-state index is 12.4. The average molecular weight is 304 g/mol. The van der Waals surface area contributed by atoms with Crippen molar-refractivity contribution in [1.82, 2.24) is 10.4 Å². The summed E-state index contributed by atoms with van der Waals surface area (Å²) in [6, 6.07) is 9.48. The number of rotatable bonds is 2. The standard InChI is InChI=1S/C16H20N2O4/c19-14-12-22-18(16(17-14)9-5-2-6-10-16)15(20)21-11-13-7-3-1-4-8-13/h1,3-4,7-8H,2,5-6,9-12H2,(H,17,19). The molecule has 118 valence electrons. The molecular formula is C16H20N2O4. The molecule has 0 unspecified atom stereocenters. The van der Waals surface area contributed by atoms with Gasteiger partial charge in [-0.2, -0.15) is 5.06 Å². The summed E-state index contributed by atoms with van der Waals surface area (Å²) in [6.45, 7) is 0.0335. The molecule has 2 amide bonds. The van der Waals surface area contributed by atoms with E-state index in [4.69, 9.17) is 9.57 Å². The van der Waals surface area contributed by atoms with E-state index in [0.29, 0.717) is 12.8 Å².